The third kappa shape index (κ3) is 11.5. The fraction of sp³-hybridized carbons (Fsp3) is 0. The fourth-order valence-corrected chi connectivity index (χ4v) is 0.706. The summed E-state index contributed by atoms with van der Waals surface area (Å²) in [6.07, 6.45) is 10.0. The van der Waals surface area contributed by atoms with Crippen LogP contribution in [0, 0.1) is 38.8 Å². The Hall–Kier alpha value is -0.521. The Morgan fingerprint density at radius 1 is 0.500 bits per heavy atom. The molecule has 0 aromatic heterocycles. The standard InChI is InChI=1S/C6H6.C5H5.CHO.Fe/c1-2-4-6-5-3-1;1-2-4-5-3-1;1-2;/h1-6H;1-5H;1H;/q;;+1;+2. The van der Waals surface area contributed by atoms with Crippen LogP contribution in [0.5, 0.6) is 0 Å². The van der Waals surface area contributed by atoms with E-state index in [0.29, 0.717) is 0 Å². The first kappa shape index (κ1) is 15.9. The van der Waals surface area contributed by atoms with Gasteiger partial charge in [0.15, 0.2) is 0 Å². The van der Waals surface area contributed by atoms with Crippen LogP contribution in [0.4, 0.5) is 0 Å². The van der Waals surface area contributed by atoms with Crippen LogP contribution in [0.15, 0.2) is 36.4 Å². The SMILES string of the molecule is C#[O+].[CH]1[CH][CH][CH][CH]1.[Fe+2].c1ccccc1. The third-order valence-corrected chi connectivity index (χ3v) is 1.22. The first-order valence-corrected chi connectivity index (χ1v) is 3.90. The van der Waals surface area contributed by atoms with E-state index in [0.717, 1.165) is 0 Å². The monoisotopic (exact) mass is 228 g/mol. The summed E-state index contributed by atoms with van der Waals surface area (Å²) in [7, 11) is 0. The molecule has 1 aromatic carbocycles. The molecule has 0 bridgehead atoms. The van der Waals surface area contributed by atoms with E-state index in [1.165, 1.54) is 0 Å². The van der Waals surface area contributed by atoms with Gasteiger partial charge in [0.25, 0.3) is 0 Å². The Bertz CT molecular complexity index is 158. The van der Waals surface area contributed by atoms with Gasteiger partial charge in [-0.15, -0.1) is 0 Å². The predicted molar refractivity (Wildman–Crippen MR) is 53.6 cm³/mol. The van der Waals surface area contributed by atoms with E-state index in [-0.39, 0.29) is 17.1 Å². The molecule has 0 atom stereocenters. The van der Waals surface area contributed by atoms with Gasteiger partial charge in [0.2, 0.25) is 0 Å². The van der Waals surface area contributed by atoms with E-state index in [1.54, 1.807) is 0 Å². The van der Waals surface area contributed by atoms with Crippen molar-refractivity contribution in [1.29, 1.82) is 0 Å². The van der Waals surface area contributed by atoms with E-state index < -0.39 is 0 Å². The van der Waals surface area contributed by atoms with Crippen LogP contribution >= 0.6 is 0 Å². The maximum atomic E-state index is 7.75. The molecule has 0 spiro atoms. The van der Waals surface area contributed by atoms with Crippen LogP contribution in [0.25, 0.3) is 0 Å². The average molecular weight is 228 g/mol. The molecule has 2 heteroatoms. The molecule has 5 radical (unpaired) electrons. The Balaban J connectivity index is 0. The van der Waals surface area contributed by atoms with Crippen LogP contribution in [0.3, 0.4) is 0 Å². The van der Waals surface area contributed by atoms with Gasteiger partial charge in [0.1, 0.15) is 0 Å². The predicted octanol–water partition coefficient (Wildman–Crippen LogP) is 2.71. The summed E-state index contributed by atoms with van der Waals surface area (Å²) in [4.78, 5) is 0. The quantitative estimate of drug-likeness (QED) is 0.480. The van der Waals surface area contributed by atoms with Crippen molar-refractivity contribution in [3.05, 3.63) is 68.5 Å². The van der Waals surface area contributed by atoms with Crippen LogP contribution < -0.4 is 0 Å². The van der Waals surface area contributed by atoms with E-state index in [4.69, 9.17) is 4.65 Å². The maximum Gasteiger partial charge on any atom is 2.00 e. The second-order valence-corrected chi connectivity index (χ2v) is 2.12. The van der Waals surface area contributed by atoms with Crippen LogP contribution in [0.2, 0.25) is 0 Å². The molecule has 2 rings (SSSR count). The summed E-state index contributed by atoms with van der Waals surface area (Å²) in [6, 6.07) is 12.0. The molecule has 1 fully saturated rings. The summed E-state index contributed by atoms with van der Waals surface area (Å²) >= 11 is 0. The number of rotatable bonds is 0. The van der Waals surface area contributed by atoms with Crippen LogP contribution in [0.1, 0.15) is 0 Å². The van der Waals surface area contributed by atoms with Crippen LogP contribution in [-0.4, -0.2) is 0 Å². The van der Waals surface area contributed by atoms with Gasteiger partial charge in [-0.2, -0.15) is 0 Å². The summed E-state index contributed by atoms with van der Waals surface area (Å²) in [5.41, 5.74) is 0. The van der Waals surface area contributed by atoms with Gasteiger partial charge < -0.3 is 0 Å². The van der Waals surface area contributed by atoms with Gasteiger partial charge >= 0.3 is 28.4 Å². The second kappa shape index (κ2) is 15.0. The molecule has 0 N–H and O–H groups in total. The van der Waals surface area contributed by atoms with E-state index in [1.807, 2.05) is 68.5 Å². The van der Waals surface area contributed by atoms with Gasteiger partial charge in [-0.1, -0.05) is 36.4 Å². The first-order valence-electron chi connectivity index (χ1n) is 3.90. The summed E-state index contributed by atoms with van der Waals surface area (Å²) in [5, 5.41) is 0. The van der Waals surface area contributed by atoms with Crippen LogP contribution in [-0.2, 0) is 21.7 Å². The zero-order chi connectivity index (χ0) is 9.78. The largest absolute Gasteiger partial charge is 2.00 e. The Kier molecular flexibility index (Phi) is 17.0. The molecule has 14 heavy (non-hydrogen) atoms. The molecule has 1 aliphatic rings. The van der Waals surface area contributed by atoms with Crippen molar-refractivity contribution in [3.8, 4) is 6.65 Å². The summed E-state index contributed by atoms with van der Waals surface area (Å²) in [6.45, 7) is 3.25. The average Bonchev–Trinajstić information content (AvgIpc) is 2.82. The Morgan fingerprint density at radius 2 is 0.643 bits per heavy atom. The normalized spacial score (nSPS) is 12.1. The number of hydrogen-bond acceptors (Lipinski definition) is 0. The van der Waals surface area contributed by atoms with Crippen molar-refractivity contribution in [1.82, 2.24) is 0 Å². The maximum absolute atomic E-state index is 7.75. The van der Waals surface area contributed by atoms with Gasteiger partial charge in [-0.05, 0) is 32.1 Å². The van der Waals surface area contributed by atoms with Gasteiger partial charge in [-0.25, -0.2) is 0 Å². The smallest absolute Gasteiger partial charge is 0.0623 e. The molecule has 0 heterocycles. The third-order valence-electron chi connectivity index (χ3n) is 1.22. The molecule has 1 saturated carbocycles. The van der Waals surface area contributed by atoms with E-state index >= 15 is 0 Å². The van der Waals surface area contributed by atoms with Crippen molar-refractivity contribution >= 4 is 0 Å². The van der Waals surface area contributed by atoms with Crippen molar-refractivity contribution in [2.45, 2.75) is 0 Å². The number of hydrogen-bond donors (Lipinski definition) is 0. The zero-order valence-corrected chi connectivity index (χ0v) is 8.79. The molecule has 0 unspecified atom stereocenters. The van der Waals surface area contributed by atoms with Gasteiger partial charge in [-0.3, -0.25) is 0 Å². The second-order valence-electron chi connectivity index (χ2n) is 2.12. The van der Waals surface area contributed by atoms with Crippen molar-refractivity contribution in [3.63, 3.8) is 0 Å². The Labute approximate surface area is 97.1 Å². The van der Waals surface area contributed by atoms with Gasteiger partial charge in [0.05, 0.1) is 0 Å². The minimum absolute atomic E-state index is 0. The molecule has 1 aliphatic carbocycles. The fourth-order valence-electron chi connectivity index (χ4n) is 0.706. The molecular weight excluding hydrogens is 216 g/mol. The molecule has 0 aliphatic heterocycles. The Morgan fingerprint density at radius 3 is 0.786 bits per heavy atom. The van der Waals surface area contributed by atoms with Crippen molar-refractivity contribution in [2.75, 3.05) is 0 Å². The van der Waals surface area contributed by atoms with Crippen molar-refractivity contribution in [2.24, 2.45) is 0 Å². The molecule has 0 saturated heterocycles. The minimum Gasteiger partial charge on any atom is -0.0623 e. The molecule has 1 aromatic rings. The molecule has 0 amide bonds. The summed E-state index contributed by atoms with van der Waals surface area (Å²) in [5.74, 6) is 0. The first-order chi connectivity index (χ1) is 6.50. The topological polar surface area (TPSA) is 19.9 Å². The van der Waals surface area contributed by atoms with E-state index in [2.05, 4.69) is 6.65 Å². The zero-order valence-electron chi connectivity index (χ0n) is 7.69. The van der Waals surface area contributed by atoms with E-state index in [9.17, 15) is 0 Å². The van der Waals surface area contributed by atoms with Crippen molar-refractivity contribution < 1.29 is 21.7 Å². The molecule has 71 valence electrons. The molecular formula is C12H12FeO+3. The molecule has 1 nitrogen and oxygen atoms in total. The summed E-state index contributed by atoms with van der Waals surface area (Å²) < 4.78 is 7.75. The van der Waals surface area contributed by atoms with Gasteiger partial charge in [0, 0.05) is 0 Å². The number of benzene rings is 1. The minimum atomic E-state index is 0.